The molecular weight excluding hydrogens is 953 g/mol. The second-order valence-electron chi connectivity index (χ2n) is 20.0. The average Bonchev–Trinajstić information content (AvgIpc) is 4.08. The highest BCUT2D eigenvalue weighted by molar-refractivity contribution is 6.05. The fourth-order valence-corrected chi connectivity index (χ4v) is 10.1. The van der Waals surface area contributed by atoms with Crippen LogP contribution in [0.1, 0.15) is 96.5 Å². The number of phenolic OH excluding ortho intramolecular Hbond substituents is 1. The summed E-state index contributed by atoms with van der Waals surface area (Å²) in [4.78, 5) is 167. The van der Waals surface area contributed by atoms with Crippen molar-refractivity contribution in [3.05, 3.63) is 29.8 Å². The molecular formula is C48H71N12O13+. The Bertz CT molecular complexity index is 2330. The first-order valence-corrected chi connectivity index (χ1v) is 24.8. The Morgan fingerprint density at radius 2 is 1.58 bits per heavy atom. The van der Waals surface area contributed by atoms with Crippen molar-refractivity contribution >= 4 is 70.9 Å². The molecule has 4 aliphatic rings. The number of fused-ring (bicyclic) bond motifs is 1. The van der Waals surface area contributed by atoms with Crippen LogP contribution in [0.15, 0.2) is 24.3 Å². The predicted octanol–water partition coefficient (Wildman–Crippen LogP) is -3.27. The number of hydrogen-bond donors (Lipinski definition) is 10. The first-order valence-electron chi connectivity index (χ1n) is 24.8. The van der Waals surface area contributed by atoms with Crippen LogP contribution in [0.25, 0.3) is 0 Å². The predicted molar refractivity (Wildman–Crippen MR) is 257 cm³/mol. The molecule has 0 radical (unpaired) electrons. The van der Waals surface area contributed by atoms with Crippen LogP contribution in [-0.2, 0) is 64.0 Å². The maximum absolute atomic E-state index is 15.0. The van der Waals surface area contributed by atoms with Crippen molar-refractivity contribution in [2.75, 3.05) is 40.8 Å². The van der Waals surface area contributed by atoms with E-state index in [0.29, 0.717) is 12.0 Å². The van der Waals surface area contributed by atoms with Crippen LogP contribution in [-0.4, -0.2) is 167 Å². The summed E-state index contributed by atoms with van der Waals surface area (Å²) in [6.45, 7) is 1.61. The lowest BCUT2D eigenvalue weighted by Crippen LogP contribution is -2.77. The van der Waals surface area contributed by atoms with Crippen molar-refractivity contribution in [3.8, 4) is 5.75 Å². The van der Waals surface area contributed by atoms with Gasteiger partial charge in [0.15, 0.2) is 11.6 Å². The minimum absolute atomic E-state index is 0.0570. The molecule has 2 heterocycles. The summed E-state index contributed by atoms with van der Waals surface area (Å²) in [6.07, 6.45) is 2.92. The van der Waals surface area contributed by atoms with E-state index in [1.807, 2.05) is 0 Å². The van der Waals surface area contributed by atoms with E-state index in [9.17, 15) is 57.8 Å². The Morgan fingerprint density at radius 1 is 0.904 bits per heavy atom. The minimum atomic E-state index is -1.96. The fraction of sp³-hybridized carbons (Fsp3) is 0.625. The van der Waals surface area contributed by atoms with Gasteiger partial charge in [-0.3, -0.25) is 52.7 Å². The molecule has 73 heavy (non-hydrogen) atoms. The molecule has 12 amide bonds. The Labute approximate surface area is 422 Å². The Balaban J connectivity index is 1.50. The van der Waals surface area contributed by atoms with Crippen molar-refractivity contribution in [2.24, 2.45) is 29.2 Å². The zero-order chi connectivity index (χ0) is 53.9. The van der Waals surface area contributed by atoms with Crippen molar-refractivity contribution in [1.82, 2.24) is 47.1 Å². The first kappa shape index (κ1) is 56.7. The number of nitrogens with one attached hydrogen (secondary N) is 7. The number of rotatable bonds is 16. The molecule has 25 heteroatoms. The van der Waals surface area contributed by atoms with E-state index in [4.69, 9.17) is 11.5 Å². The zero-order valence-corrected chi connectivity index (χ0v) is 42.1. The summed E-state index contributed by atoms with van der Waals surface area (Å²) in [6, 6.07) is -1.13. The molecule has 5 rings (SSSR count). The number of nitrogens with two attached hydrogens (primary N) is 2. The number of aromatic hydroxyl groups is 1. The van der Waals surface area contributed by atoms with Gasteiger partial charge in [0.25, 0.3) is 11.8 Å². The van der Waals surface area contributed by atoms with Crippen molar-refractivity contribution in [1.29, 1.82) is 0 Å². The van der Waals surface area contributed by atoms with Crippen LogP contribution in [0, 0.1) is 17.8 Å². The van der Waals surface area contributed by atoms with Gasteiger partial charge >= 0.3 is 5.91 Å². The van der Waals surface area contributed by atoms with Crippen molar-refractivity contribution < 1.29 is 67.2 Å². The number of hydrogen-bond acceptors (Lipinski definition) is 13. The number of carbonyl (C=O) groups is 12. The Kier molecular flexibility index (Phi) is 19.0. The van der Waals surface area contributed by atoms with Gasteiger partial charge in [0.1, 0.15) is 29.9 Å². The van der Waals surface area contributed by atoms with Crippen LogP contribution in [0.2, 0.25) is 0 Å². The summed E-state index contributed by atoms with van der Waals surface area (Å²) in [5.41, 5.74) is 11.9. The van der Waals surface area contributed by atoms with Gasteiger partial charge < -0.3 is 58.3 Å². The summed E-state index contributed by atoms with van der Waals surface area (Å²) in [5, 5.41) is 25.3. The highest BCUT2D eigenvalue weighted by atomic mass is 16.3. The molecule has 1 spiro atoms. The van der Waals surface area contributed by atoms with E-state index in [-0.39, 0.29) is 37.4 Å². The normalized spacial score (nSPS) is 27.3. The number of likely N-dealkylation sites (N-methyl/N-ethyl adjacent to an activating group) is 3. The largest absolute Gasteiger partial charge is 0.508 e. The number of nitrogens with zero attached hydrogens (tertiary/aromatic N) is 3. The third-order valence-corrected chi connectivity index (χ3v) is 14.4. The van der Waals surface area contributed by atoms with E-state index >= 15 is 4.79 Å². The van der Waals surface area contributed by atoms with Gasteiger partial charge in [-0.05, 0) is 48.8 Å². The fourth-order valence-electron chi connectivity index (χ4n) is 10.1. The first-order chi connectivity index (χ1) is 34.4. The molecule has 9 atom stereocenters. The lowest BCUT2D eigenvalue weighted by molar-refractivity contribution is -0.889. The second kappa shape index (κ2) is 24.5. The number of benzene rings is 1. The Hall–Kier alpha value is -7.18. The van der Waals surface area contributed by atoms with Crippen LogP contribution >= 0.6 is 0 Å². The van der Waals surface area contributed by atoms with E-state index in [0.717, 1.165) is 41.9 Å². The lowest BCUT2D eigenvalue weighted by atomic mass is 9.84. The van der Waals surface area contributed by atoms with Gasteiger partial charge in [-0.25, -0.2) is 4.79 Å². The molecule has 400 valence electrons. The summed E-state index contributed by atoms with van der Waals surface area (Å²) in [7, 11) is 3.78. The Morgan fingerprint density at radius 3 is 2.21 bits per heavy atom. The molecule has 1 aromatic rings. The average molecular weight is 1020 g/mol. The maximum Gasteiger partial charge on any atom is 0.364 e. The van der Waals surface area contributed by atoms with Gasteiger partial charge in [0, 0.05) is 39.8 Å². The monoisotopic (exact) mass is 1020 g/mol. The van der Waals surface area contributed by atoms with Crippen LogP contribution in [0.3, 0.4) is 0 Å². The van der Waals surface area contributed by atoms with Gasteiger partial charge in [-0.15, -0.1) is 4.59 Å². The third-order valence-electron chi connectivity index (χ3n) is 14.4. The van der Waals surface area contributed by atoms with E-state index in [2.05, 4.69) is 37.3 Å². The van der Waals surface area contributed by atoms with Gasteiger partial charge in [0.2, 0.25) is 53.2 Å². The molecule has 5 unspecified atom stereocenters. The van der Waals surface area contributed by atoms with Gasteiger partial charge in [-0.1, -0.05) is 64.5 Å². The molecule has 4 fully saturated rings. The van der Waals surface area contributed by atoms with E-state index < -0.39 is 162 Å². The van der Waals surface area contributed by atoms with Crippen LogP contribution in [0.4, 0.5) is 0 Å². The topological polar surface area (TPSA) is 368 Å². The number of primary amides is 2. The highest BCUT2D eigenvalue weighted by Crippen LogP contribution is 2.49. The van der Waals surface area contributed by atoms with Crippen molar-refractivity contribution in [2.45, 2.75) is 133 Å². The molecule has 2 bridgehead atoms. The SMILES string of the molecule is CCC(C)C1C(=O)N[C@@H](CCC(N)=O)C(=O)NC23CC2C(=O)N[N+](C)(C3=O)[C@H](C(=O)N(C)CC(=O)N[C@@H](CC2CCCCC2)C(=O)NCC(N)=O)CCC(=O)NCC(=O)N[C@@H](Cc2ccc(O)cc2)C(=O)N1C. The lowest BCUT2D eigenvalue weighted by Gasteiger charge is -2.43. The van der Waals surface area contributed by atoms with Crippen LogP contribution in [0.5, 0.6) is 5.75 Å². The molecule has 2 aliphatic heterocycles. The summed E-state index contributed by atoms with van der Waals surface area (Å²) >= 11 is 0. The van der Waals surface area contributed by atoms with E-state index in [1.165, 1.54) is 45.4 Å². The minimum Gasteiger partial charge on any atom is -0.508 e. The maximum atomic E-state index is 15.0. The highest BCUT2D eigenvalue weighted by Gasteiger charge is 2.76. The second-order valence-corrected chi connectivity index (χ2v) is 20.0. The zero-order valence-electron chi connectivity index (χ0n) is 42.1. The smallest absolute Gasteiger partial charge is 0.364 e. The summed E-state index contributed by atoms with van der Waals surface area (Å²) < 4.78 is -1.21. The number of carbonyl (C=O) groups excluding carboxylic acids is 12. The number of quaternary nitrogens is 1. The molecule has 2 saturated heterocycles. The quantitative estimate of drug-likeness (QED) is 0.0728. The molecule has 25 nitrogen and oxygen atoms in total. The third kappa shape index (κ3) is 14.3. The molecule has 2 aliphatic carbocycles. The molecule has 12 N–H and O–H groups in total. The van der Waals surface area contributed by atoms with Crippen molar-refractivity contribution in [3.63, 3.8) is 0 Å². The van der Waals surface area contributed by atoms with E-state index in [1.54, 1.807) is 13.8 Å². The number of amides is 12. The molecule has 0 aromatic heterocycles. The summed E-state index contributed by atoms with van der Waals surface area (Å²) in [5.74, 6) is -11.5. The van der Waals surface area contributed by atoms with Gasteiger partial charge in [0.05, 0.1) is 32.6 Å². The molecule has 1 aromatic carbocycles. The standard InChI is InChI=1S/C48H70N12O13/c1-6-26(2)40-44(70)55-31(16-18-35(49)62)43(69)56-48-22-30(48)41(67)57-60(5,47(48)73)34(17-19-37(64)51-24-38(65)54-33(45(71)59(40)4)21-28-12-14-29(61)15-13-28)46(72)58(3)25-39(66)53-32(42(68)52-23-36(50)63)20-27-10-8-7-9-11-27/h12-15,26-27,30-34,40H,6-11,16-25H2,1-5H3,(H11-,49,50,51,52,53,54,55,56,57,61,62,63,64,65,66,67,68,69,70)/p+1/t26?,30?,31-,32-,33-,34-,40?,48?,60?/m0/s1. The number of phenols is 1. The molecule has 2 saturated carbocycles. The van der Waals surface area contributed by atoms with Crippen LogP contribution < -0.4 is 48.8 Å². The van der Waals surface area contributed by atoms with Gasteiger partial charge in [-0.2, -0.15) is 5.43 Å².